The van der Waals surface area contributed by atoms with E-state index in [4.69, 9.17) is 15.9 Å². The highest BCUT2D eigenvalue weighted by Gasteiger charge is 2.13. The smallest absolute Gasteiger partial charge is 0.226 e. The molecule has 3 rings (SSSR count). The molecule has 19 heavy (non-hydrogen) atoms. The van der Waals surface area contributed by atoms with Gasteiger partial charge >= 0.3 is 0 Å². The molecule has 94 valence electrons. The third-order valence-electron chi connectivity index (χ3n) is 2.72. The fourth-order valence-electron chi connectivity index (χ4n) is 1.88. The average molecular weight is 253 g/mol. The van der Waals surface area contributed by atoms with Crippen LogP contribution < -0.4 is 11.5 Å². The van der Waals surface area contributed by atoms with E-state index in [1.165, 1.54) is 6.26 Å². The summed E-state index contributed by atoms with van der Waals surface area (Å²) in [5.41, 5.74) is 13.8. The summed E-state index contributed by atoms with van der Waals surface area (Å²) >= 11 is 0. The van der Waals surface area contributed by atoms with E-state index in [-0.39, 0.29) is 5.95 Å². The molecule has 3 aromatic rings. The van der Waals surface area contributed by atoms with Crippen molar-refractivity contribution in [1.29, 1.82) is 0 Å². The monoisotopic (exact) mass is 253 g/mol. The minimum Gasteiger partial charge on any atom is -0.445 e. The topological polar surface area (TPSA) is 104 Å². The maximum absolute atomic E-state index is 5.89. The number of aromatic nitrogens is 3. The maximum Gasteiger partial charge on any atom is 0.226 e. The van der Waals surface area contributed by atoms with Crippen molar-refractivity contribution in [3.8, 4) is 22.6 Å². The Kier molecular flexibility index (Phi) is 2.60. The summed E-state index contributed by atoms with van der Waals surface area (Å²) in [4.78, 5) is 12.1. The van der Waals surface area contributed by atoms with Gasteiger partial charge in [-0.2, -0.15) is 4.98 Å². The van der Waals surface area contributed by atoms with Gasteiger partial charge in [-0.3, -0.25) is 0 Å². The predicted molar refractivity (Wildman–Crippen MR) is 71.8 cm³/mol. The van der Waals surface area contributed by atoms with Crippen LogP contribution in [-0.4, -0.2) is 15.0 Å². The number of benzene rings is 1. The second-order valence-electron chi connectivity index (χ2n) is 3.91. The molecule has 0 fully saturated rings. The minimum atomic E-state index is 0.148. The van der Waals surface area contributed by atoms with Crippen molar-refractivity contribution in [3.05, 3.63) is 42.9 Å². The number of anilines is 2. The summed E-state index contributed by atoms with van der Waals surface area (Å²) in [6.45, 7) is 0. The number of nitrogens with two attached hydrogens (primary N) is 2. The first kappa shape index (κ1) is 11.2. The van der Waals surface area contributed by atoms with E-state index in [0.29, 0.717) is 17.3 Å². The lowest BCUT2D eigenvalue weighted by molar-refractivity contribution is 0.575. The van der Waals surface area contributed by atoms with Gasteiger partial charge in [-0.15, -0.1) is 0 Å². The van der Waals surface area contributed by atoms with Gasteiger partial charge in [0, 0.05) is 17.3 Å². The first-order valence-corrected chi connectivity index (χ1v) is 5.63. The van der Waals surface area contributed by atoms with Crippen molar-refractivity contribution in [2.24, 2.45) is 0 Å². The highest BCUT2D eigenvalue weighted by Crippen LogP contribution is 2.33. The van der Waals surface area contributed by atoms with E-state index >= 15 is 0 Å². The number of rotatable bonds is 2. The van der Waals surface area contributed by atoms with Crippen LogP contribution in [0.25, 0.3) is 22.6 Å². The molecule has 0 bridgehead atoms. The fourth-order valence-corrected chi connectivity index (χ4v) is 1.88. The Hall–Kier alpha value is -2.89. The lowest BCUT2D eigenvalue weighted by atomic mass is 10.0. The molecule has 0 saturated heterocycles. The van der Waals surface area contributed by atoms with E-state index in [1.807, 2.05) is 24.3 Å². The molecule has 6 heteroatoms. The van der Waals surface area contributed by atoms with Gasteiger partial charge in [0.15, 0.2) is 0 Å². The Balaban J connectivity index is 2.21. The van der Waals surface area contributed by atoms with E-state index < -0.39 is 0 Å². The molecule has 0 aliphatic carbocycles. The summed E-state index contributed by atoms with van der Waals surface area (Å²) in [6, 6.07) is 7.61. The molecule has 4 N–H and O–H groups in total. The van der Waals surface area contributed by atoms with Gasteiger partial charge in [0.1, 0.15) is 12.1 Å². The molecule has 0 unspecified atom stereocenters. The zero-order chi connectivity index (χ0) is 13.2. The van der Waals surface area contributed by atoms with Gasteiger partial charge in [0.05, 0.1) is 6.20 Å². The van der Waals surface area contributed by atoms with E-state index in [9.17, 15) is 0 Å². The highest BCUT2D eigenvalue weighted by atomic mass is 16.3. The first-order chi connectivity index (χ1) is 9.25. The number of nitrogen functional groups attached to an aromatic ring is 2. The Bertz CT molecular complexity index is 709. The normalized spacial score (nSPS) is 10.5. The van der Waals surface area contributed by atoms with Crippen LogP contribution in [0, 0.1) is 0 Å². The molecule has 0 radical (unpaired) electrons. The Morgan fingerprint density at radius 2 is 1.74 bits per heavy atom. The van der Waals surface area contributed by atoms with Crippen LogP contribution >= 0.6 is 0 Å². The predicted octanol–water partition coefficient (Wildman–Crippen LogP) is 1.96. The van der Waals surface area contributed by atoms with Crippen LogP contribution in [0.3, 0.4) is 0 Å². The average Bonchev–Trinajstić information content (AvgIpc) is 2.93. The highest BCUT2D eigenvalue weighted by molar-refractivity contribution is 5.84. The largest absolute Gasteiger partial charge is 0.445 e. The van der Waals surface area contributed by atoms with E-state index in [0.717, 1.165) is 11.1 Å². The third kappa shape index (κ3) is 1.99. The molecule has 1 aromatic carbocycles. The molecular weight excluding hydrogens is 242 g/mol. The minimum absolute atomic E-state index is 0.148. The zero-order valence-electron chi connectivity index (χ0n) is 9.95. The Labute approximate surface area is 109 Å². The molecule has 2 heterocycles. The van der Waals surface area contributed by atoms with Crippen LogP contribution in [0.5, 0.6) is 0 Å². The van der Waals surface area contributed by atoms with Gasteiger partial charge in [0.25, 0.3) is 0 Å². The number of oxazole rings is 1. The summed E-state index contributed by atoms with van der Waals surface area (Å²) in [5.74, 6) is 0.994. The first-order valence-electron chi connectivity index (χ1n) is 5.63. The van der Waals surface area contributed by atoms with E-state index in [2.05, 4.69) is 15.0 Å². The molecule has 0 saturated carbocycles. The van der Waals surface area contributed by atoms with Gasteiger partial charge in [-0.05, 0) is 11.6 Å². The van der Waals surface area contributed by atoms with Crippen molar-refractivity contribution in [3.63, 3.8) is 0 Å². The molecular formula is C13H11N5O. The number of nitrogens with zero attached hydrogens (tertiary/aromatic N) is 3. The van der Waals surface area contributed by atoms with Gasteiger partial charge in [-0.25, -0.2) is 9.97 Å². The fraction of sp³-hybridized carbons (Fsp3) is 0. The van der Waals surface area contributed by atoms with Crippen molar-refractivity contribution in [2.75, 3.05) is 11.5 Å². The number of hydrogen-bond donors (Lipinski definition) is 2. The molecule has 6 nitrogen and oxygen atoms in total. The standard InChI is InChI=1S/C13H11N5O/c14-11-10(7-17-13(15)18-11)8-3-1-2-4-9(8)12-16-5-6-19-12/h1-7H,(H4,14,15,17,18). The maximum atomic E-state index is 5.89. The summed E-state index contributed by atoms with van der Waals surface area (Å²) in [5, 5.41) is 0. The summed E-state index contributed by atoms with van der Waals surface area (Å²) < 4.78 is 5.33. The molecule has 2 aromatic heterocycles. The van der Waals surface area contributed by atoms with Crippen molar-refractivity contribution in [2.45, 2.75) is 0 Å². The third-order valence-corrected chi connectivity index (χ3v) is 2.72. The SMILES string of the molecule is Nc1ncc(-c2ccccc2-c2ncco2)c(N)n1. The van der Waals surface area contributed by atoms with Crippen molar-refractivity contribution < 1.29 is 4.42 Å². The van der Waals surface area contributed by atoms with Crippen LogP contribution in [0.15, 0.2) is 47.3 Å². The van der Waals surface area contributed by atoms with Gasteiger partial charge < -0.3 is 15.9 Å². The van der Waals surface area contributed by atoms with Crippen molar-refractivity contribution in [1.82, 2.24) is 15.0 Å². The second kappa shape index (κ2) is 4.41. The molecule has 0 aliphatic rings. The molecule has 0 aliphatic heterocycles. The van der Waals surface area contributed by atoms with E-state index in [1.54, 1.807) is 12.4 Å². The lowest BCUT2D eigenvalue weighted by Gasteiger charge is -2.08. The van der Waals surface area contributed by atoms with Gasteiger partial charge in [0.2, 0.25) is 11.8 Å². The van der Waals surface area contributed by atoms with Gasteiger partial charge in [-0.1, -0.05) is 18.2 Å². The van der Waals surface area contributed by atoms with Crippen LogP contribution in [0.2, 0.25) is 0 Å². The Morgan fingerprint density at radius 1 is 0.947 bits per heavy atom. The molecule has 0 atom stereocenters. The molecule has 0 spiro atoms. The van der Waals surface area contributed by atoms with Crippen LogP contribution in [-0.2, 0) is 0 Å². The second-order valence-corrected chi connectivity index (χ2v) is 3.91. The van der Waals surface area contributed by atoms with Crippen molar-refractivity contribution >= 4 is 11.8 Å². The van der Waals surface area contributed by atoms with Crippen LogP contribution in [0.4, 0.5) is 11.8 Å². The molecule has 0 amide bonds. The zero-order valence-corrected chi connectivity index (χ0v) is 9.95. The quantitative estimate of drug-likeness (QED) is 0.723. The number of hydrogen-bond acceptors (Lipinski definition) is 6. The van der Waals surface area contributed by atoms with Crippen LogP contribution in [0.1, 0.15) is 0 Å². The Morgan fingerprint density at radius 3 is 2.42 bits per heavy atom. The summed E-state index contributed by atoms with van der Waals surface area (Å²) in [7, 11) is 0. The lowest BCUT2D eigenvalue weighted by Crippen LogP contribution is -2.01. The summed E-state index contributed by atoms with van der Waals surface area (Å²) in [6.07, 6.45) is 4.71.